The first-order valence-corrected chi connectivity index (χ1v) is 9.63. The van der Waals surface area contributed by atoms with Gasteiger partial charge in [0.2, 0.25) is 0 Å². The fourth-order valence-corrected chi connectivity index (χ4v) is 4.45. The van der Waals surface area contributed by atoms with Gasteiger partial charge in [-0.2, -0.15) is 5.26 Å². The topological polar surface area (TPSA) is 118 Å². The molecule has 2 N–H and O–H groups in total. The second-order valence-electron chi connectivity index (χ2n) is 7.70. The average molecular weight is 393 g/mol. The number of nitrogens with one attached hydrogen (secondary N) is 1. The van der Waals surface area contributed by atoms with Crippen LogP contribution in [0.4, 0.5) is 17.3 Å². The van der Waals surface area contributed by atoms with Crippen molar-refractivity contribution in [1.82, 2.24) is 19.9 Å². The summed E-state index contributed by atoms with van der Waals surface area (Å²) in [6.45, 7) is 0. The minimum Gasteiger partial charge on any atom is -0.478 e. The molecule has 9 nitrogen and oxygen atoms in total. The van der Waals surface area contributed by atoms with E-state index in [4.69, 9.17) is 5.26 Å². The maximum absolute atomic E-state index is 11.8. The van der Waals surface area contributed by atoms with Crippen LogP contribution in [-0.2, 0) is 0 Å². The van der Waals surface area contributed by atoms with E-state index in [0.29, 0.717) is 29.4 Å². The smallest absolute Gasteiger partial charge is 0.339 e. The Morgan fingerprint density at radius 3 is 2.48 bits per heavy atom. The molecule has 0 aromatic carbocycles. The molecule has 2 aromatic rings. The van der Waals surface area contributed by atoms with Crippen molar-refractivity contribution in [3.63, 3.8) is 0 Å². The summed E-state index contributed by atoms with van der Waals surface area (Å²) in [7, 11) is 4.15. The number of carbonyl (C=O) groups is 1. The van der Waals surface area contributed by atoms with Gasteiger partial charge in [-0.25, -0.2) is 19.7 Å². The Hall–Kier alpha value is -3.25. The van der Waals surface area contributed by atoms with Crippen LogP contribution < -0.4 is 10.2 Å². The van der Waals surface area contributed by atoms with Gasteiger partial charge in [0.15, 0.2) is 5.69 Å². The molecule has 0 amide bonds. The Kier molecular flexibility index (Phi) is 5.03. The van der Waals surface area contributed by atoms with E-state index in [9.17, 15) is 9.90 Å². The number of pyridine rings is 1. The third-order valence-electron chi connectivity index (χ3n) is 6.14. The number of carboxylic acids is 1. The maximum atomic E-state index is 11.8. The highest BCUT2D eigenvalue weighted by atomic mass is 16.4. The van der Waals surface area contributed by atoms with E-state index in [-0.39, 0.29) is 17.3 Å². The van der Waals surface area contributed by atoms with Crippen LogP contribution in [0.15, 0.2) is 24.7 Å². The summed E-state index contributed by atoms with van der Waals surface area (Å²) in [5.41, 5.74) is 1.03. The Balaban J connectivity index is 1.59. The van der Waals surface area contributed by atoms with E-state index in [2.05, 4.69) is 37.1 Å². The predicted octanol–water partition coefficient (Wildman–Crippen LogP) is 2.25. The standard InChI is InChI=1S/C20H23N7O2/c1-26-13-3-4-14(26)6-15(5-13)27(2)17-7-18(24-10-16(17)20(28)29)25-19-11-22-12(8-21)9-23-19/h7,9-11,13-15H,3-6H2,1-2H3,(H,28,29)(H,23,24,25)/t13-,14+,15?. The van der Waals surface area contributed by atoms with Crippen molar-refractivity contribution in [2.24, 2.45) is 0 Å². The monoisotopic (exact) mass is 393 g/mol. The molecule has 2 aliphatic heterocycles. The fourth-order valence-electron chi connectivity index (χ4n) is 4.45. The zero-order chi connectivity index (χ0) is 20.5. The fraction of sp³-hybridized carbons (Fsp3) is 0.450. The number of aromatic nitrogens is 3. The molecule has 29 heavy (non-hydrogen) atoms. The molecular formula is C20H23N7O2. The Morgan fingerprint density at radius 1 is 1.21 bits per heavy atom. The van der Waals surface area contributed by atoms with Crippen LogP contribution in [0.2, 0.25) is 0 Å². The van der Waals surface area contributed by atoms with Crippen LogP contribution in [0.5, 0.6) is 0 Å². The largest absolute Gasteiger partial charge is 0.478 e. The summed E-state index contributed by atoms with van der Waals surface area (Å²) in [6.07, 6.45) is 8.65. The number of nitriles is 1. The number of hydrogen-bond donors (Lipinski definition) is 2. The molecule has 0 radical (unpaired) electrons. The quantitative estimate of drug-likeness (QED) is 0.788. The number of aromatic carboxylic acids is 1. The normalized spacial score (nSPS) is 23.4. The van der Waals surface area contributed by atoms with Crippen LogP contribution in [0.25, 0.3) is 0 Å². The zero-order valence-electron chi connectivity index (χ0n) is 16.4. The Bertz CT molecular complexity index is 942. The van der Waals surface area contributed by atoms with Gasteiger partial charge in [0.25, 0.3) is 0 Å². The summed E-state index contributed by atoms with van der Waals surface area (Å²) < 4.78 is 0. The second kappa shape index (κ2) is 7.64. The number of fused-ring (bicyclic) bond motifs is 2. The Morgan fingerprint density at radius 2 is 1.90 bits per heavy atom. The number of hydrogen-bond acceptors (Lipinski definition) is 8. The molecule has 2 bridgehead atoms. The number of anilines is 3. The first-order valence-electron chi connectivity index (χ1n) is 9.63. The first-order chi connectivity index (χ1) is 14.0. The van der Waals surface area contributed by atoms with E-state index >= 15 is 0 Å². The molecular weight excluding hydrogens is 370 g/mol. The van der Waals surface area contributed by atoms with Crippen LogP contribution in [0, 0.1) is 11.3 Å². The molecule has 9 heteroatoms. The van der Waals surface area contributed by atoms with Gasteiger partial charge in [-0.3, -0.25) is 0 Å². The SMILES string of the molecule is CN(c1cc(Nc2cnc(C#N)cn2)ncc1C(=O)O)C1C[C@H]2CC[C@@H](C1)N2C. The van der Waals surface area contributed by atoms with Crippen molar-refractivity contribution < 1.29 is 9.90 Å². The lowest BCUT2D eigenvalue weighted by Gasteiger charge is -2.41. The molecule has 0 aliphatic carbocycles. The highest BCUT2D eigenvalue weighted by Crippen LogP contribution is 2.38. The van der Waals surface area contributed by atoms with Crippen molar-refractivity contribution in [1.29, 1.82) is 5.26 Å². The van der Waals surface area contributed by atoms with Gasteiger partial charge in [-0.15, -0.1) is 0 Å². The summed E-state index contributed by atoms with van der Waals surface area (Å²) in [6, 6.07) is 5.06. The van der Waals surface area contributed by atoms with Gasteiger partial charge < -0.3 is 20.2 Å². The van der Waals surface area contributed by atoms with Crippen LogP contribution in [-0.4, -0.2) is 63.1 Å². The molecule has 4 heterocycles. The lowest BCUT2D eigenvalue weighted by atomic mass is 9.96. The van der Waals surface area contributed by atoms with Crippen LogP contribution in [0.3, 0.4) is 0 Å². The summed E-state index contributed by atoms with van der Waals surface area (Å²) >= 11 is 0. The minimum absolute atomic E-state index is 0.176. The highest BCUT2D eigenvalue weighted by molar-refractivity contribution is 5.94. The van der Waals surface area contributed by atoms with E-state index in [1.54, 1.807) is 6.07 Å². The van der Waals surface area contributed by atoms with Crippen LogP contribution >= 0.6 is 0 Å². The zero-order valence-corrected chi connectivity index (χ0v) is 16.4. The van der Waals surface area contributed by atoms with Crippen molar-refractivity contribution in [2.45, 2.75) is 43.8 Å². The lowest BCUT2D eigenvalue weighted by molar-refractivity contribution is 0.0697. The molecule has 0 spiro atoms. The van der Waals surface area contributed by atoms with E-state index < -0.39 is 5.97 Å². The molecule has 2 fully saturated rings. The van der Waals surface area contributed by atoms with Crippen molar-refractivity contribution >= 4 is 23.3 Å². The van der Waals surface area contributed by atoms with Gasteiger partial charge in [0.1, 0.15) is 23.3 Å². The first kappa shape index (κ1) is 19.1. The molecule has 0 saturated carbocycles. The van der Waals surface area contributed by atoms with Gasteiger partial charge in [0.05, 0.1) is 18.1 Å². The predicted molar refractivity (Wildman–Crippen MR) is 107 cm³/mol. The highest BCUT2D eigenvalue weighted by Gasteiger charge is 2.40. The number of rotatable bonds is 5. The maximum Gasteiger partial charge on any atom is 0.339 e. The van der Waals surface area contributed by atoms with E-state index in [1.807, 2.05) is 13.1 Å². The lowest BCUT2D eigenvalue weighted by Crippen LogP contribution is -2.48. The number of nitrogens with zero attached hydrogens (tertiary/aromatic N) is 6. The molecule has 2 aliphatic rings. The molecule has 2 saturated heterocycles. The third-order valence-corrected chi connectivity index (χ3v) is 6.14. The van der Waals surface area contributed by atoms with E-state index in [0.717, 1.165) is 12.8 Å². The minimum atomic E-state index is -1.00. The van der Waals surface area contributed by atoms with Gasteiger partial charge in [-0.1, -0.05) is 0 Å². The molecule has 2 aromatic heterocycles. The summed E-state index contributed by atoms with van der Waals surface area (Å²) in [5.74, 6) is -0.0859. The number of piperidine rings is 1. The van der Waals surface area contributed by atoms with Crippen molar-refractivity contribution in [2.75, 3.05) is 24.3 Å². The molecule has 3 atom stereocenters. The molecule has 4 rings (SSSR count). The summed E-state index contributed by atoms with van der Waals surface area (Å²) in [5, 5.41) is 21.5. The molecule has 1 unspecified atom stereocenters. The second-order valence-corrected chi connectivity index (χ2v) is 7.70. The van der Waals surface area contributed by atoms with Gasteiger partial charge in [0, 0.05) is 37.4 Å². The van der Waals surface area contributed by atoms with Crippen molar-refractivity contribution in [3.8, 4) is 6.07 Å². The van der Waals surface area contributed by atoms with E-state index in [1.165, 1.54) is 31.4 Å². The van der Waals surface area contributed by atoms with Crippen molar-refractivity contribution in [3.05, 3.63) is 35.9 Å². The third kappa shape index (κ3) is 3.71. The number of carboxylic acid groups (broad SMARTS) is 1. The van der Waals surface area contributed by atoms with Gasteiger partial charge >= 0.3 is 5.97 Å². The van der Waals surface area contributed by atoms with Gasteiger partial charge in [-0.05, 0) is 32.7 Å². The summed E-state index contributed by atoms with van der Waals surface area (Å²) in [4.78, 5) is 28.7. The Labute approximate surface area is 169 Å². The van der Waals surface area contributed by atoms with Crippen LogP contribution in [0.1, 0.15) is 41.7 Å². The average Bonchev–Trinajstić information content (AvgIpc) is 2.93. The molecule has 150 valence electrons.